The van der Waals surface area contributed by atoms with Gasteiger partial charge in [0.25, 0.3) is 0 Å². The maximum atomic E-state index is 11.2. The third kappa shape index (κ3) is 3.68. The highest BCUT2D eigenvalue weighted by Gasteiger charge is 2.09. The lowest BCUT2D eigenvalue weighted by Gasteiger charge is -2.06. The Balaban J connectivity index is 2.46. The third-order valence-corrected chi connectivity index (χ3v) is 1.73. The van der Waals surface area contributed by atoms with Gasteiger partial charge in [0, 0.05) is 6.08 Å². The van der Waals surface area contributed by atoms with Crippen molar-refractivity contribution in [3.05, 3.63) is 30.2 Å². The van der Waals surface area contributed by atoms with E-state index in [0.717, 1.165) is 0 Å². The molecule has 0 bridgehead atoms. The maximum absolute atomic E-state index is 11.2. The largest absolute Gasteiger partial charge is 0.465 e. The third-order valence-electron chi connectivity index (χ3n) is 1.73. The van der Waals surface area contributed by atoms with E-state index in [4.69, 9.17) is 10.2 Å². The van der Waals surface area contributed by atoms with Crippen molar-refractivity contribution in [3.63, 3.8) is 0 Å². The first-order valence-corrected chi connectivity index (χ1v) is 4.41. The van der Waals surface area contributed by atoms with E-state index in [9.17, 15) is 9.59 Å². The minimum absolute atomic E-state index is 0.391. The molecule has 2 amide bonds. The summed E-state index contributed by atoms with van der Waals surface area (Å²) in [6, 6.07) is 2.74. The first kappa shape index (κ1) is 11.0. The van der Waals surface area contributed by atoms with Gasteiger partial charge in [-0.15, -0.1) is 0 Å². The molecule has 0 aliphatic rings. The molecule has 1 aromatic heterocycles. The number of hydrogen-bond acceptors (Lipinski definition) is 3. The van der Waals surface area contributed by atoms with Crippen molar-refractivity contribution in [2.45, 2.75) is 13.0 Å². The number of furan rings is 1. The average molecular weight is 208 g/mol. The molecule has 15 heavy (non-hydrogen) atoms. The van der Waals surface area contributed by atoms with E-state index in [1.807, 2.05) is 0 Å². The van der Waals surface area contributed by atoms with Crippen LogP contribution in [-0.4, -0.2) is 17.9 Å². The smallest absolute Gasteiger partial charge is 0.244 e. The lowest BCUT2D eigenvalue weighted by Crippen LogP contribution is -2.41. The van der Waals surface area contributed by atoms with E-state index in [-0.39, 0.29) is 0 Å². The summed E-state index contributed by atoms with van der Waals surface area (Å²) in [5.74, 6) is -0.399. The summed E-state index contributed by atoms with van der Waals surface area (Å²) in [5, 5.41) is 2.40. The quantitative estimate of drug-likeness (QED) is 0.697. The Labute approximate surface area is 86.9 Å². The van der Waals surface area contributed by atoms with Crippen molar-refractivity contribution in [2.75, 3.05) is 0 Å². The molecule has 80 valence electrons. The van der Waals surface area contributed by atoms with Crippen LogP contribution in [0.4, 0.5) is 0 Å². The number of primary amides is 1. The van der Waals surface area contributed by atoms with E-state index < -0.39 is 17.9 Å². The topological polar surface area (TPSA) is 85.3 Å². The number of hydrogen-bond donors (Lipinski definition) is 2. The number of nitrogens with one attached hydrogen (secondary N) is 1. The molecule has 0 spiro atoms. The number of amides is 2. The summed E-state index contributed by atoms with van der Waals surface area (Å²) in [4.78, 5) is 21.8. The number of carbonyl (C=O) groups is 2. The maximum Gasteiger partial charge on any atom is 0.244 e. The molecule has 1 atom stereocenters. The van der Waals surface area contributed by atoms with Crippen LogP contribution in [0.2, 0.25) is 0 Å². The van der Waals surface area contributed by atoms with Gasteiger partial charge in [-0.1, -0.05) is 0 Å². The average Bonchev–Trinajstić information content (AvgIpc) is 2.66. The summed E-state index contributed by atoms with van der Waals surface area (Å²) in [6.45, 7) is 1.51. The second-order valence-corrected chi connectivity index (χ2v) is 2.98. The Kier molecular flexibility index (Phi) is 3.68. The van der Waals surface area contributed by atoms with Gasteiger partial charge in [0.15, 0.2) is 0 Å². The summed E-state index contributed by atoms with van der Waals surface area (Å²) in [5.41, 5.74) is 4.98. The van der Waals surface area contributed by atoms with Gasteiger partial charge in [-0.3, -0.25) is 9.59 Å². The van der Waals surface area contributed by atoms with Crippen LogP contribution >= 0.6 is 0 Å². The van der Waals surface area contributed by atoms with E-state index in [2.05, 4.69) is 5.32 Å². The predicted molar refractivity (Wildman–Crippen MR) is 54.5 cm³/mol. The number of rotatable bonds is 4. The summed E-state index contributed by atoms with van der Waals surface area (Å²) >= 11 is 0. The summed E-state index contributed by atoms with van der Waals surface area (Å²) < 4.78 is 4.98. The SMILES string of the molecule is CC(NC(=O)/C=C/c1ccco1)C(N)=O. The van der Waals surface area contributed by atoms with Gasteiger partial charge in [0.2, 0.25) is 11.8 Å². The van der Waals surface area contributed by atoms with Crippen molar-refractivity contribution < 1.29 is 14.0 Å². The second-order valence-electron chi connectivity index (χ2n) is 2.98. The van der Waals surface area contributed by atoms with Crippen molar-refractivity contribution >= 4 is 17.9 Å². The summed E-state index contributed by atoms with van der Waals surface area (Å²) in [6.07, 6.45) is 4.28. The van der Waals surface area contributed by atoms with Crippen molar-refractivity contribution in [2.24, 2.45) is 5.73 Å². The van der Waals surface area contributed by atoms with E-state index in [0.29, 0.717) is 5.76 Å². The molecule has 0 aliphatic carbocycles. The van der Waals surface area contributed by atoms with Crippen LogP contribution in [0.15, 0.2) is 28.9 Å². The summed E-state index contributed by atoms with van der Waals surface area (Å²) in [7, 11) is 0. The number of carbonyl (C=O) groups excluding carboxylic acids is 2. The van der Waals surface area contributed by atoms with Gasteiger partial charge < -0.3 is 15.5 Å². The first-order valence-electron chi connectivity index (χ1n) is 4.41. The van der Waals surface area contributed by atoms with Gasteiger partial charge >= 0.3 is 0 Å². The zero-order valence-electron chi connectivity index (χ0n) is 8.27. The molecule has 0 saturated carbocycles. The fourth-order valence-corrected chi connectivity index (χ4v) is 0.877. The number of nitrogens with two attached hydrogens (primary N) is 1. The molecule has 0 radical (unpaired) electrons. The van der Waals surface area contributed by atoms with Crippen LogP contribution in [0.5, 0.6) is 0 Å². The van der Waals surface area contributed by atoms with Gasteiger partial charge in [-0.2, -0.15) is 0 Å². The molecule has 1 aromatic rings. The van der Waals surface area contributed by atoms with Crippen LogP contribution in [0, 0.1) is 0 Å². The Bertz CT molecular complexity index is 368. The zero-order chi connectivity index (χ0) is 11.3. The van der Waals surface area contributed by atoms with E-state index in [1.165, 1.54) is 25.3 Å². The molecule has 0 aromatic carbocycles. The fraction of sp³-hybridized carbons (Fsp3) is 0.200. The molecule has 1 rings (SSSR count). The molecule has 5 heteroatoms. The molecule has 1 unspecified atom stereocenters. The lowest BCUT2D eigenvalue weighted by atomic mass is 10.3. The van der Waals surface area contributed by atoms with Gasteiger partial charge in [0.05, 0.1) is 6.26 Å². The van der Waals surface area contributed by atoms with Gasteiger partial charge in [-0.25, -0.2) is 0 Å². The second kappa shape index (κ2) is 4.99. The standard InChI is InChI=1S/C10H12N2O3/c1-7(10(11)14)12-9(13)5-4-8-3-2-6-15-8/h2-7H,1H3,(H2,11,14)(H,12,13)/b5-4+. The van der Waals surface area contributed by atoms with Crippen molar-refractivity contribution in [1.29, 1.82) is 0 Å². The Morgan fingerprint density at radius 1 is 1.60 bits per heavy atom. The Morgan fingerprint density at radius 2 is 2.33 bits per heavy atom. The highest BCUT2D eigenvalue weighted by atomic mass is 16.3. The van der Waals surface area contributed by atoms with Gasteiger partial charge in [0.1, 0.15) is 11.8 Å². The minimum atomic E-state index is -0.682. The molecule has 3 N–H and O–H groups in total. The molecule has 1 heterocycles. The lowest BCUT2D eigenvalue weighted by molar-refractivity contribution is -0.124. The fourth-order valence-electron chi connectivity index (χ4n) is 0.877. The Hall–Kier alpha value is -2.04. The molecule has 0 saturated heterocycles. The Morgan fingerprint density at radius 3 is 2.87 bits per heavy atom. The van der Waals surface area contributed by atoms with Crippen LogP contribution in [0.25, 0.3) is 6.08 Å². The van der Waals surface area contributed by atoms with E-state index >= 15 is 0 Å². The van der Waals surface area contributed by atoms with E-state index in [1.54, 1.807) is 12.1 Å². The minimum Gasteiger partial charge on any atom is -0.465 e. The van der Waals surface area contributed by atoms with Crippen molar-refractivity contribution in [3.8, 4) is 0 Å². The van der Waals surface area contributed by atoms with Crippen molar-refractivity contribution in [1.82, 2.24) is 5.32 Å². The van der Waals surface area contributed by atoms with Gasteiger partial charge in [-0.05, 0) is 25.1 Å². The normalized spacial score (nSPS) is 12.6. The predicted octanol–water partition coefficient (Wildman–Crippen LogP) is 0.283. The molecule has 0 fully saturated rings. The van der Waals surface area contributed by atoms with Crippen LogP contribution in [-0.2, 0) is 9.59 Å². The first-order chi connectivity index (χ1) is 7.09. The molecule has 5 nitrogen and oxygen atoms in total. The monoisotopic (exact) mass is 208 g/mol. The highest BCUT2D eigenvalue weighted by Crippen LogP contribution is 2.01. The molecular formula is C10H12N2O3. The van der Waals surface area contributed by atoms with Crippen LogP contribution < -0.4 is 11.1 Å². The highest BCUT2D eigenvalue weighted by molar-refractivity contribution is 5.94. The molecular weight excluding hydrogens is 196 g/mol. The van der Waals surface area contributed by atoms with Crippen LogP contribution in [0.3, 0.4) is 0 Å². The molecule has 0 aliphatic heterocycles. The van der Waals surface area contributed by atoms with Crippen LogP contribution in [0.1, 0.15) is 12.7 Å². The zero-order valence-corrected chi connectivity index (χ0v) is 8.27.